The second-order valence-electron chi connectivity index (χ2n) is 4.42. The number of anilines is 2. The second-order valence-corrected chi connectivity index (χ2v) is 4.42. The Bertz CT molecular complexity index is 452. The maximum atomic E-state index is 11.1. The van der Waals surface area contributed by atoms with E-state index in [4.69, 9.17) is 16.3 Å². The number of carbonyl (C=O) groups is 1. The number of hydrogen-bond donors (Lipinski definition) is 3. The highest BCUT2D eigenvalue weighted by Crippen LogP contribution is 2.16. The van der Waals surface area contributed by atoms with E-state index in [1.165, 1.54) is 0 Å². The Morgan fingerprint density at radius 2 is 2.10 bits per heavy atom. The minimum absolute atomic E-state index is 0.00108. The fourth-order valence-corrected chi connectivity index (χ4v) is 1.45. The third-order valence-corrected chi connectivity index (χ3v) is 2.37. The standard InChI is InChI=1S/C11H21N7O2/c1-4-5-20-11-15-9(17-13)14-10(16-11)18(7(2)3)6-8(12)19/h7H,4-6,13H2,1-3H3,(H2,12,19)(H,14,15,16,17). The van der Waals surface area contributed by atoms with Gasteiger partial charge in [0.15, 0.2) is 0 Å². The molecular weight excluding hydrogens is 262 g/mol. The lowest BCUT2D eigenvalue weighted by molar-refractivity contribution is -0.116. The lowest BCUT2D eigenvalue weighted by atomic mass is 10.3. The highest BCUT2D eigenvalue weighted by atomic mass is 16.5. The van der Waals surface area contributed by atoms with Gasteiger partial charge >= 0.3 is 6.01 Å². The minimum atomic E-state index is -0.475. The lowest BCUT2D eigenvalue weighted by Crippen LogP contribution is -2.40. The molecular formula is C11H21N7O2. The predicted octanol–water partition coefficient (Wildman–Crippen LogP) is -0.354. The summed E-state index contributed by atoms with van der Waals surface area (Å²) >= 11 is 0. The van der Waals surface area contributed by atoms with Gasteiger partial charge in [0.05, 0.1) is 13.2 Å². The van der Waals surface area contributed by atoms with Crippen LogP contribution in [0.4, 0.5) is 11.9 Å². The zero-order valence-electron chi connectivity index (χ0n) is 12.0. The van der Waals surface area contributed by atoms with Crippen LogP contribution in [0.5, 0.6) is 6.01 Å². The number of aromatic nitrogens is 3. The molecule has 0 saturated carbocycles. The van der Waals surface area contributed by atoms with Crippen LogP contribution in [0.15, 0.2) is 0 Å². The van der Waals surface area contributed by atoms with Gasteiger partial charge in [0.25, 0.3) is 0 Å². The average Bonchev–Trinajstić information content (AvgIpc) is 2.41. The first-order valence-electron chi connectivity index (χ1n) is 6.38. The van der Waals surface area contributed by atoms with Crippen LogP contribution in [0.3, 0.4) is 0 Å². The number of ether oxygens (including phenoxy) is 1. The van der Waals surface area contributed by atoms with Gasteiger partial charge in [0.1, 0.15) is 0 Å². The van der Waals surface area contributed by atoms with Crippen molar-refractivity contribution in [3.05, 3.63) is 0 Å². The van der Waals surface area contributed by atoms with Crippen molar-refractivity contribution in [1.29, 1.82) is 0 Å². The van der Waals surface area contributed by atoms with Crippen molar-refractivity contribution in [3.63, 3.8) is 0 Å². The molecule has 112 valence electrons. The molecule has 5 N–H and O–H groups in total. The molecule has 0 fully saturated rings. The Labute approximate surface area is 117 Å². The highest BCUT2D eigenvalue weighted by Gasteiger charge is 2.18. The summed E-state index contributed by atoms with van der Waals surface area (Å²) in [6.45, 7) is 6.24. The molecule has 1 heterocycles. The lowest BCUT2D eigenvalue weighted by Gasteiger charge is -2.25. The van der Waals surface area contributed by atoms with Crippen LogP contribution in [0.2, 0.25) is 0 Å². The summed E-state index contributed by atoms with van der Waals surface area (Å²) in [5.41, 5.74) is 7.58. The van der Waals surface area contributed by atoms with E-state index in [-0.39, 0.29) is 30.5 Å². The molecule has 0 aliphatic rings. The number of nitrogens with one attached hydrogen (secondary N) is 1. The average molecular weight is 283 g/mol. The molecule has 9 nitrogen and oxygen atoms in total. The van der Waals surface area contributed by atoms with E-state index in [2.05, 4.69) is 20.4 Å². The summed E-state index contributed by atoms with van der Waals surface area (Å²) in [7, 11) is 0. The Morgan fingerprint density at radius 1 is 1.40 bits per heavy atom. The number of rotatable bonds is 8. The molecule has 0 aromatic carbocycles. The van der Waals surface area contributed by atoms with E-state index in [0.29, 0.717) is 6.61 Å². The molecule has 0 unspecified atom stereocenters. The van der Waals surface area contributed by atoms with Crippen molar-refractivity contribution < 1.29 is 9.53 Å². The fraction of sp³-hybridized carbons (Fsp3) is 0.636. The molecule has 1 rings (SSSR count). The van der Waals surface area contributed by atoms with Crippen LogP contribution in [0, 0.1) is 0 Å². The summed E-state index contributed by atoms with van der Waals surface area (Å²) in [6, 6.07) is 0.134. The van der Waals surface area contributed by atoms with Gasteiger partial charge in [-0.25, -0.2) is 5.84 Å². The molecule has 1 aromatic heterocycles. The number of carbonyl (C=O) groups excluding carboxylic acids is 1. The van der Waals surface area contributed by atoms with E-state index >= 15 is 0 Å². The molecule has 0 bridgehead atoms. The monoisotopic (exact) mass is 283 g/mol. The summed E-state index contributed by atoms with van der Waals surface area (Å²) in [5, 5.41) is 0. The van der Waals surface area contributed by atoms with E-state index < -0.39 is 5.91 Å². The normalized spacial score (nSPS) is 10.4. The molecule has 0 atom stereocenters. The molecule has 0 saturated heterocycles. The first-order chi connectivity index (χ1) is 9.47. The number of primary amides is 1. The zero-order chi connectivity index (χ0) is 15.1. The zero-order valence-corrected chi connectivity index (χ0v) is 12.0. The first kappa shape index (κ1) is 15.9. The number of hydrogen-bond acceptors (Lipinski definition) is 8. The van der Waals surface area contributed by atoms with Crippen LogP contribution in [-0.4, -0.2) is 40.1 Å². The number of nitrogen functional groups attached to an aromatic ring is 1. The van der Waals surface area contributed by atoms with E-state index in [0.717, 1.165) is 6.42 Å². The van der Waals surface area contributed by atoms with Crippen molar-refractivity contribution >= 4 is 17.8 Å². The Balaban J connectivity index is 3.08. The minimum Gasteiger partial charge on any atom is -0.463 e. The third-order valence-electron chi connectivity index (χ3n) is 2.37. The Hall–Kier alpha value is -2.16. The number of amides is 1. The van der Waals surface area contributed by atoms with Crippen molar-refractivity contribution in [3.8, 4) is 6.01 Å². The smallest absolute Gasteiger partial charge is 0.323 e. The summed E-state index contributed by atoms with van der Waals surface area (Å²) in [4.78, 5) is 25.1. The quantitative estimate of drug-likeness (QED) is 0.435. The van der Waals surface area contributed by atoms with Gasteiger partial charge < -0.3 is 15.4 Å². The fourth-order valence-electron chi connectivity index (χ4n) is 1.45. The summed E-state index contributed by atoms with van der Waals surface area (Å²) in [6.07, 6.45) is 0.821. The van der Waals surface area contributed by atoms with Gasteiger partial charge in [-0.2, -0.15) is 15.0 Å². The number of nitrogens with two attached hydrogens (primary N) is 2. The molecule has 1 amide bonds. The van der Waals surface area contributed by atoms with Crippen LogP contribution in [0.25, 0.3) is 0 Å². The predicted molar refractivity (Wildman–Crippen MR) is 75.1 cm³/mol. The van der Waals surface area contributed by atoms with E-state index in [1.807, 2.05) is 20.8 Å². The van der Waals surface area contributed by atoms with E-state index in [1.54, 1.807) is 4.90 Å². The SMILES string of the molecule is CCCOc1nc(NN)nc(N(CC(N)=O)C(C)C)n1. The topological polar surface area (TPSA) is 132 Å². The van der Waals surface area contributed by atoms with Crippen molar-refractivity contribution in [2.45, 2.75) is 33.2 Å². The third kappa shape index (κ3) is 4.50. The Morgan fingerprint density at radius 3 is 2.60 bits per heavy atom. The van der Waals surface area contributed by atoms with Gasteiger partial charge in [0, 0.05) is 6.04 Å². The molecule has 9 heteroatoms. The molecule has 20 heavy (non-hydrogen) atoms. The van der Waals surface area contributed by atoms with Crippen LogP contribution in [-0.2, 0) is 4.79 Å². The number of nitrogens with zero attached hydrogens (tertiary/aromatic N) is 4. The molecule has 0 spiro atoms. The second kappa shape index (κ2) is 7.43. The van der Waals surface area contributed by atoms with Crippen LogP contribution in [0.1, 0.15) is 27.2 Å². The van der Waals surface area contributed by atoms with Crippen LogP contribution < -0.4 is 26.6 Å². The van der Waals surface area contributed by atoms with Gasteiger partial charge in [-0.05, 0) is 20.3 Å². The van der Waals surface area contributed by atoms with Crippen molar-refractivity contribution in [2.75, 3.05) is 23.5 Å². The van der Waals surface area contributed by atoms with Gasteiger partial charge in [-0.15, -0.1) is 0 Å². The number of hydrazine groups is 1. The summed E-state index contributed by atoms with van der Waals surface area (Å²) < 4.78 is 5.37. The largest absolute Gasteiger partial charge is 0.463 e. The Kier molecular flexibility index (Phi) is 5.91. The maximum absolute atomic E-state index is 11.1. The highest BCUT2D eigenvalue weighted by molar-refractivity contribution is 5.79. The van der Waals surface area contributed by atoms with E-state index in [9.17, 15) is 4.79 Å². The van der Waals surface area contributed by atoms with Crippen molar-refractivity contribution in [2.24, 2.45) is 11.6 Å². The van der Waals surface area contributed by atoms with Gasteiger partial charge in [-0.3, -0.25) is 10.2 Å². The molecule has 0 aliphatic heterocycles. The van der Waals surface area contributed by atoms with Gasteiger partial charge in [-0.1, -0.05) is 6.92 Å². The molecule has 1 aromatic rings. The molecule has 0 aliphatic carbocycles. The van der Waals surface area contributed by atoms with Crippen molar-refractivity contribution in [1.82, 2.24) is 15.0 Å². The first-order valence-corrected chi connectivity index (χ1v) is 6.38. The summed E-state index contributed by atoms with van der Waals surface area (Å²) in [5.74, 6) is 5.30. The van der Waals surface area contributed by atoms with Crippen LogP contribution >= 0.6 is 0 Å². The van der Waals surface area contributed by atoms with Gasteiger partial charge in [0.2, 0.25) is 17.8 Å². The maximum Gasteiger partial charge on any atom is 0.323 e. The molecule has 0 radical (unpaired) electrons.